The third-order valence-electron chi connectivity index (χ3n) is 12.1. The summed E-state index contributed by atoms with van der Waals surface area (Å²) in [6, 6.07) is 81.0. The molecule has 1 aliphatic heterocycles. The van der Waals surface area contributed by atoms with Crippen molar-refractivity contribution in [2.45, 2.75) is 0 Å². The zero-order valence-corrected chi connectivity index (χ0v) is 33.9. The van der Waals surface area contributed by atoms with Crippen LogP contribution in [-0.2, 0) is 0 Å². The number of hydrogen-bond donors (Lipinski definition) is 0. The SMILES string of the molecule is c1ccc(-c2ccc(N(c3ccc(-c4cccc5c4sc4ccccc45)cc3)c3ccc4c(c3)Oc3ccc(-c5ccccc5)cc3-c3cc5ccccc5cc3-4)cc2)cc1. The highest BCUT2D eigenvalue weighted by Gasteiger charge is 2.24. The molecule has 0 radical (unpaired) electrons. The van der Waals surface area contributed by atoms with E-state index in [-0.39, 0.29) is 0 Å². The molecule has 0 saturated heterocycles. The van der Waals surface area contributed by atoms with Crippen molar-refractivity contribution >= 4 is 59.3 Å². The van der Waals surface area contributed by atoms with Gasteiger partial charge in [-0.15, -0.1) is 11.3 Å². The predicted molar refractivity (Wildman–Crippen MR) is 259 cm³/mol. The molecular formula is C58H37NOS. The molecule has 0 unspecified atom stereocenters. The summed E-state index contributed by atoms with van der Waals surface area (Å²) < 4.78 is 9.69. The van der Waals surface area contributed by atoms with Gasteiger partial charge in [-0.3, -0.25) is 0 Å². The van der Waals surface area contributed by atoms with Crippen LogP contribution in [0.5, 0.6) is 11.5 Å². The lowest BCUT2D eigenvalue weighted by molar-refractivity contribution is 0.488. The first-order chi connectivity index (χ1) is 30.2. The summed E-state index contributed by atoms with van der Waals surface area (Å²) in [5.41, 5.74) is 14.8. The van der Waals surface area contributed by atoms with Gasteiger partial charge in [-0.1, -0.05) is 152 Å². The van der Waals surface area contributed by atoms with Crippen molar-refractivity contribution in [3.8, 4) is 67.1 Å². The molecule has 2 nitrogen and oxygen atoms in total. The maximum Gasteiger partial charge on any atom is 0.137 e. The lowest BCUT2D eigenvalue weighted by Crippen LogP contribution is -2.10. The Morgan fingerprint density at radius 1 is 0.311 bits per heavy atom. The molecule has 0 amide bonds. The van der Waals surface area contributed by atoms with Crippen molar-refractivity contribution in [1.29, 1.82) is 0 Å². The third-order valence-corrected chi connectivity index (χ3v) is 13.3. The molecule has 0 spiro atoms. The van der Waals surface area contributed by atoms with E-state index < -0.39 is 0 Å². The number of anilines is 3. The van der Waals surface area contributed by atoms with E-state index in [0.29, 0.717) is 0 Å². The van der Waals surface area contributed by atoms with Crippen LogP contribution in [0.3, 0.4) is 0 Å². The minimum Gasteiger partial charge on any atom is -0.456 e. The second kappa shape index (κ2) is 14.5. The van der Waals surface area contributed by atoms with E-state index in [1.54, 1.807) is 0 Å². The number of hydrogen-bond acceptors (Lipinski definition) is 3. The van der Waals surface area contributed by atoms with Gasteiger partial charge >= 0.3 is 0 Å². The van der Waals surface area contributed by atoms with Crippen LogP contribution < -0.4 is 9.64 Å². The Bertz CT molecular complexity index is 3420. The molecule has 10 aromatic carbocycles. The van der Waals surface area contributed by atoms with E-state index in [0.717, 1.165) is 56.4 Å². The van der Waals surface area contributed by atoms with Crippen molar-refractivity contribution in [2.75, 3.05) is 4.90 Å². The van der Waals surface area contributed by atoms with Crippen LogP contribution in [0, 0.1) is 0 Å². The third kappa shape index (κ3) is 6.18. The molecule has 3 heteroatoms. The minimum atomic E-state index is 0.819. The van der Waals surface area contributed by atoms with Gasteiger partial charge in [0.2, 0.25) is 0 Å². The normalized spacial score (nSPS) is 11.7. The zero-order valence-electron chi connectivity index (χ0n) is 33.1. The molecule has 286 valence electrons. The maximum absolute atomic E-state index is 7.06. The van der Waals surface area contributed by atoms with Gasteiger partial charge in [-0.2, -0.15) is 0 Å². The van der Waals surface area contributed by atoms with Gasteiger partial charge in [0.1, 0.15) is 11.5 Å². The highest BCUT2D eigenvalue weighted by atomic mass is 32.1. The first-order valence-electron chi connectivity index (χ1n) is 20.7. The fraction of sp³-hybridized carbons (Fsp3) is 0. The average molecular weight is 796 g/mol. The molecule has 11 aromatic rings. The van der Waals surface area contributed by atoms with Gasteiger partial charge in [0.15, 0.2) is 0 Å². The summed E-state index contributed by atoms with van der Waals surface area (Å²) in [4.78, 5) is 2.34. The number of benzene rings is 10. The second-order valence-electron chi connectivity index (χ2n) is 15.7. The van der Waals surface area contributed by atoms with Crippen LogP contribution in [0.15, 0.2) is 224 Å². The summed E-state index contributed by atoms with van der Waals surface area (Å²) in [7, 11) is 0. The van der Waals surface area contributed by atoms with Gasteiger partial charge < -0.3 is 9.64 Å². The predicted octanol–water partition coefficient (Wildman–Crippen LogP) is 17.1. The number of fused-ring (bicyclic) bond motifs is 9. The van der Waals surface area contributed by atoms with E-state index >= 15 is 0 Å². The summed E-state index contributed by atoms with van der Waals surface area (Å²) in [5.74, 6) is 1.66. The van der Waals surface area contributed by atoms with Crippen LogP contribution in [0.2, 0.25) is 0 Å². The fourth-order valence-electron chi connectivity index (χ4n) is 9.05. The molecule has 0 aliphatic carbocycles. The van der Waals surface area contributed by atoms with E-state index in [1.807, 2.05) is 11.3 Å². The quantitative estimate of drug-likeness (QED) is 0.166. The smallest absolute Gasteiger partial charge is 0.137 e. The van der Waals surface area contributed by atoms with Crippen molar-refractivity contribution in [3.63, 3.8) is 0 Å². The first kappa shape index (κ1) is 35.2. The minimum absolute atomic E-state index is 0.819. The lowest BCUT2D eigenvalue weighted by atomic mass is 9.90. The maximum atomic E-state index is 7.06. The summed E-state index contributed by atoms with van der Waals surface area (Å²) in [6.45, 7) is 0. The molecular weight excluding hydrogens is 759 g/mol. The molecule has 12 rings (SSSR count). The molecule has 1 aromatic heterocycles. The average Bonchev–Trinajstić information content (AvgIpc) is 3.66. The van der Waals surface area contributed by atoms with Crippen LogP contribution in [0.1, 0.15) is 0 Å². The highest BCUT2D eigenvalue weighted by molar-refractivity contribution is 7.26. The topological polar surface area (TPSA) is 12.5 Å². The van der Waals surface area contributed by atoms with Crippen molar-refractivity contribution in [3.05, 3.63) is 224 Å². The Kier molecular flexibility index (Phi) is 8.39. The van der Waals surface area contributed by atoms with Crippen LogP contribution in [0.4, 0.5) is 17.1 Å². The first-order valence-corrected chi connectivity index (χ1v) is 21.5. The molecule has 0 N–H and O–H groups in total. The monoisotopic (exact) mass is 795 g/mol. The number of nitrogens with zero attached hydrogens (tertiary/aromatic N) is 1. The Morgan fingerprint density at radius 3 is 1.59 bits per heavy atom. The van der Waals surface area contributed by atoms with Crippen LogP contribution >= 0.6 is 11.3 Å². The summed E-state index contributed by atoms with van der Waals surface area (Å²) in [6.07, 6.45) is 0. The van der Waals surface area contributed by atoms with E-state index in [1.165, 1.54) is 58.8 Å². The molecule has 1 aliphatic rings. The van der Waals surface area contributed by atoms with E-state index in [4.69, 9.17) is 4.74 Å². The van der Waals surface area contributed by atoms with Crippen molar-refractivity contribution < 1.29 is 4.74 Å². The molecule has 0 atom stereocenters. The molecule has 0 saturated carbocycles. The summed E-state index contributed by atoms with van der Waals surface area (Å²) >= 11 is 1.87. The van der Waals surface area contributed by atoms with Gasteiger partial charge in [-0.05, 0) is 122 Å². The van der Waals surface area contributed by atoms with Gasteiger partial charge in [0, 0.05) is 54.4 Å². The van der Waals surface area contributed by atoms with E-state index in [2.05, 4.69) is 229 Å². The molecule has 61 heavy (non-hydrogen) atoms. The zero-order chi connectivity index (χ0) is 40.3. The lowest BCUT2D eigenvalue weighted by Gasteiger charge is -2.27. The number of thiophene rings is 1. The van der Waals surface area contributed by atoms with Gasteiger partial charge in [0.05, 0.1) is 0 Å². The standard InChI is InChI=1S/C58H37NOS/c1-3-12-38(13-4-1)40-22-27-45(28-23-40)59(46-29-24-41(25-30-46)48-19-11-20-51-50-18-9-10-21-57(50)61-58(48)51)47-31-32-49-52-34-42-16-7-8-17-43(42)35-53(52)54-36-44(39-14-5-2-6-15-39)26-33-55(54)60-56(49)37-47/h1-37H. The van der Waals surface area contributed by atoms with Gasteiger partial charge in [-0.25, -0.2) is 0 Å². The second-order valence-corrected chi connectivity index (χ2v) is 16.7. The van der Waals surface area contributed by atoms with Gasteiger partial charge in [0.25, 0.3) is 0 Å². The Hall–Kier alpha value is -7.72. The van der Waals surface area contributed by atoms with Crippen LogP contribution in [-0.4, -0.2) is 0 Å². The number of rotatable bonds is 6. The molecule has 0 bridgehead atoms. The largest absolute Gasteiger partial charge is 0.456 e. The molecule has 0 fully saturated rings. The van der Waals surface area contributed by atoms with E-state index in [9.17, 15) is 0 Å². The Labute approximate surface area is 358 Å². The highest BCUT2D eigenvalue weighted by Crippen LogP contribution is 2.51. The Morgan fingerprint density at radius 2 is 0.869 bits per heavy atom. The van der Waals surface area contributed by atoms with Crippen molar-refractivity contribution in [2.24, 2.45) is 0 Å². The molecule has 2 heterocycles. The number of ether oxygens (including phenoxy) is 1. The summed E-state index contributed by atoms with van der Waals surface area (Å²) in [5, 5.41) is 5.02. The fourth-order valence-corrected chi connectivity index (χ4v) is 10.3. The van der Waals surface area contributed by atoms with Crippen molar-refractivity contribution in [1.82, 2.24) is 0 Å². The Balaban J connectivity index is 1.00. The van der Waals surface area contributed by atoms with Crippen LogP contribution in [0.25, 0.3) is 86.6 Å².